The van der Waals surface area contributed by atoms with E-state index in [0.717, 1.165) is 24.8 Å². The Morgan fingerprint density at radius 3 is 2.04 bits per heavy atom. The number of hydrogen-bond donors (Lipinski definition) is 2. The number of likely N-dealkylation sites (tertiary alicyclic amines) is 1. The number of carbonyl (C=O) groups excluding carboxylic acids is 2. The summed E-state index contributed by atoms with van der Waals surface area (Å²) >= 11 is 0. The highest BCUT2D eigenvalue weighted by Crippen LogP contribution is 2.40. The van der Waals surface area contributed by atoms with E-state index in [4.69, 9.17) is 9.47 Å². The molecule has 0 unspecified atom stereocenters. The number of ether oxygens (including phenoxy) is 2. The van der Waals surface area contributed by atoms with Gasteiger partial charge in [-0.15, -0.1) is 0 Å². The molecule has 2 aromatic rings. The largest absolute Gasteiger partial charge is 0.444 e. The summed E-state index contributed by atoms with van der Waals surface area (Å²) in [5.74, 6) is -0.261. The van der Waals surface area contributed by atoms with Gasteiger partial charge in [0.1, 0.15) is 17.7 Å². The Morgan fingerprint density at radius 2 is 1.52 bits per heavy atom. The first-order valence-electron chi connectivity index (χ1n) is 15.3. The maximum absolute atomic E-state index is 13.6. The van der Waals surface area contributed by atoms with Crippen LogP contribution in [0.25, 0.3) is 0 Å². The van der Waals surface area contributed by atoms with Gasteiger partial charge < -0.3 is 19.9 Å². The van der Waals surface area contributed by atoms with E-state index < -0.39 is 65.0 Å². The van der Waals surface area contributed by atoms with Gasteiger partial charge in [0.25, 0.3) is 0 Å². The Bertz CT molecular complexity index is 1330. The Kier molecular flexibility index (Phi) is 10.7. The van der Waals surface area contributed by atoms with Gasteiger partial charge in [-0.3, -0.25) is 9.69 Å². The van der Waals surface area contributed by atoms with Crippen molar-refractivity contribution in [1.82, 2.24) is 10.2 Å². The van der Waals surface area contributed by atoms with Crippen LogP contribution in [0.3, 0.4) is 0 Å². The molecule has 2 amide bonds. The summed E-state index contributed by atoms with van der Waals surface area (Å²) in [6, 6.07) is 7.49. The molecule has 1 heterocycles. The van der Waals surface area contributed by atoms with Gasteiger partial charge in [0.15, 0.2) is 0 Å². The van der Waals surface area contributed by atoms with Crippen LogP contribution < -0.4 is 5.32 Å². The van der Waals surface area contributed by atoms with Crippen LogP contribution in [-0.2, 0) is 38.8 Å². The van der Waals surface area contributed by atoms with Crippen LogP contribution in [0.5, 0.6) is 0 Å². The zero-order chi connectivity index (χ0) is 33.9. The van der Waals surface area contributed by atoms with Gasteiger partial charge in [0.2, 0.25) is 5.91 Å². The lowest BCUT2D eigenvalue weighted by Crippen LogP contribution is -2.54. The Balaban J connectivity index is 1.49. The van der Waals surface area contributed by atoms with Crippen molar-refractivity contribution in [1.29, 1.82) is 0 Å². The van der Waals surface area contributed by atoms with Crippen LogP contribution in [0.1, 0.15) is 99.6 Å². The molecule has 2 aliphatic rings. The van der Waals surface area contributed by atoms with Crippen LogP contribution in [0, 0.1) is 0 Å². The zero-order valence-electron chi connectivity index (χ0n) is 26.1. The molecule has 1 saturated heterocycles. The summed E-state index contributed by atoms with van der Waals surface area (Å²) in [7, 11) is 0. The van der Waals surface area contributed by atoms with Crippen LogP contribution in [0.15, 0.2) is 42.5 Å². The minimum Gasteiger partial charge on any atom is -0.444 e. The molecule has 0 bridgehead atoms. The number of hydrogen-bond acceptors (Lipinski definition) is 5. The topological polar surface area (TPSA) is 88.1 Å². The molecule has 46 heavy (non-hydrogen) atoms. The molecular weight excluding hydrogens is 618 g/mol. The Hall–Kier alpha value is -3.32. The second-order valence-corrected chi connectivity index (χ2v) is 13.0. The van der Waals surface area contributed by atoms with Crippen molar-refractivity contribution in [3.05, 3.63) is 70.3 Å². The van der Waals surface area contributed by atoms with Gasteiger partial charge >= 0.3 is 18.4 Å². The van der Waals surface area contributed by atoms with Gasteiger partial charge in [-0.25, -0.2) is 4.79 Å². The fraction of sp³-hybridized carbons (Fsp3) is 0.576. The number of benzene rings is 2. The molecule has 2 atom stereocenters. The SMILES string of the molecule is CC(C)(C)OC(=O)N1CCC[C@H]1C(=O)NC1(c2ccc(CO[C@H](CO)c3cc(C(F)(F)F)cc(C(F)(F)F)c3)cc2)CCCCC1. The van der Waals surface area contributed by atoms with Crippen molar-refractivity contribution < 1.29 is 50.5 Å². The lowest BCUT2D eigenvalue weighted by molar-refractivity contribution is -0.143. The second kappa shape index (κ2) is 13.8. The smallest absolute Gasteiger partial charge is 0.416 e. The number of aliphatic hydroxyl groups excluding tert-OH is 1. The Morgan fingerprint density at radius 1 is 0.935 bits per heavy atom. The number of nitrogens with zero attached hydrogens (tertiary/aromatic N) is 1. The van der Waals surface area contributed by atoms with Crippen molar-refractivity contribution >= 4 is 12.0 Å². The number of carbonyl (C=O) groups is 2. The normalized spacial score (nSPS) is 19.5. The second-order valence-electron chi connectivity index (χ2n) is 13.0. The molecule has 1 aliphatic carbocycles. The first-order valence-corrected chi connectivity index (χ1v) is 15.3. The average molecular weight is 659 g/mol. The third-order valence-electron chi connectivity index (χ3n) is 8.36. The van der Waals surface area contributed by atoms with E-state index in [1.54, 1.807) is 32.9 Å². The Labute approximate surface area is 264 Å². The first kappa shape index (κ1) is 35.5. The highest BCUT2D eigenvalue weighted by Gasteiger charge is 2.42. The lowest BCUT2D eigenvalue weighted by atomic mass is 9.76. The number of rotatable bonds is 8. The summed E-state index contributed by atoms with van der Waals surface area (Å²) < 4.78 is 91.1. The number of alkyl halides is 6. The van der Waals surface area contributed by atoms with Crippen molar-refractivity contribution in [2.24, 2.45) is 0 Å². The van der Waals surface area contributed by atoms with Crippen molar-refractivity contribution in [3.8, 4) is 0 Å². The van der Waals surface area contributed by atoms with E-state index in [-0.39, 0.29) is 18.6 Å². The van der Waals surface area contributed by atoms with Crippen LogP contribution >= 0.6 is 0 Å². The molecule has 2 aromatic carbocycles. The van der Waals surface area contributed by atoms with E-state index in [1.165, 1.54) is 4.90 Å². The van der Waals surface area contributed by atoms with E-state index in [9.17, 15) is 41.0 Å². The predicted molar refractivity (Wildman–Crippen MR) is 156 cm³/mol. The minimum atomic E-state index is -5.03. The third-order valence-corrected chi connectivity index (χ3v) is 8.36. The standard InChI is InChI=1S/C33H40F6N2O5/c1-30(2,3)46-29(44)41-15-7-8-26(41)28(43)40-31(13-5-4-6-14-31)23-11-9-21(10-12-23)20-45-27(19-42)22-16-24(32(34,35)36)18-25(17-22)33(37,38)39/h9-12,16-18,26-27,42H,4-8,13-15,19-20H2,1-3H3,(H,40,43)/t26-,27+/m0/s1. The maximum Gasteiger partial charge on any atom is 0.416 e. The van der Waals surface area contributed by atoms with Crippen molar-refractivity contribution in [3.63, 3.8) is 0 Å². The number of halogens is 6. The van der Waals surface area contributed by atoms with Crippen molar-refractivity contribution in [2.45, 2.75) is 108 Å². The minimum absolute atomic E-state index is 0.0261. The summed E-state index contributed by atoms with van der Waals surface area (Å²) in [6.07, 6.45) is -6.73. The molecule has 0 aromatic heterocycles. The van der Waals surface area contributed by atoms with Gasteiger partial charge in [-0.2, -0.15) is 26.3 Å². The van der Waals surface area contributed by atoms with Crippen molar-refractivity contribution in [2.75, 3.05) is 13.2 Å². The molecule has 13 heteroatoms. The molecule has 4 rings (SSSR count). The van der Waals surface area contributed by atoms with Gasteiger partial charge in [-0.1, -0.05) is 43.5 Å². The lowest BCUT2D eigenvalue weighted by Gasteiger charge is -2.40. The quantitative estimate of drug-likeness (QED) is 0.285. The number of nitrogens with one attached hydrogen (secondary N) is 1. The van der Waals surface area contributed by atoms with E-state index in [0.29, 0.717) is 49.9 Å². The molecule has 2 fully saturated rings. The third kappa shape index (κ3) is 8.72. The monoisotopic (exact) mass is 658 g/mol. The van der Waals surface area contributed by atoms with E-state index in [2.05, 4.69) is 5.32 Å². The average Bonchev–Trinajstić information content (AvgIpc) is 3.47. The predicted octanol–water partition coefficient (Wildman–Crippen LogP) is 7.65. The highest BCUT2D eigenvalue weighted by molar-refractivity contribution is 5.87. The van der Waals surface area contributed by atoms with E-state index in [1.807, 2.05) is 12.1 Å². The molecule has 1 saturated carbocycles. The number of aliphatic hydroxyl groups is 1. The fourth-order valence-corrected chi connectivity index (χ4v) is 6.07. The summed E-state index contributed by atoms with van der Waals surface area (Å²) in [5.41, 5.74) is -3.42. The summed E-state index contributed by atoms with van der Waals surface area (Å²) in [4.78, 5) is 27.9. The molecule has 1 aliphatic heterocycles. The molecule has 0 radical (unpaired) electrons. The summed E-state index contributed by atoms with van der Waals surface area (Å²) in [5, 5.41) is 13.1. The first-order chi connectivity index (χ1) is 21.4. The zero-order valence-corrected chi connectivity index (χ0v) is 26.1. The van der Waals surface area contributed by atoms with E-state index >= 15 is 0 Å². The van der Waals surface area contributed by atoms with Crippen LogP contribution in [-0.4, -0.2) is 46.8 Å². The summed E-state index contributed by atoms with van der Waals surface area (Å²) in [6.45, 7) is 4.67. The van der Waals surface area contributed by atoms with Gasteiger partial charge in [0.05, 0.1) is 29.9 Å². The van der Waals surface area contributed by atoms with Gasteiger partial charge in [-0.05, 0) is 81.3 Å². The van der Waals surface area contributed by atoms with Crippen LogP contribution in [0.2, 0.25) is 0 Å². The molecule has 0 spiro atoms. The van der Waals surface area contributed by atoms with Crippen LogP contribution in [0.4, 0.5) is 31.1 Å². The van der Waals surface area contributed by atoms with Gasteiger partial charge in [0, 0.05) is 6.54 Å². The molecule has 2 N–H and O–H groups in total. The fourth-order valence-electron chi connectivity index (χ4n) is 6.07. The molecular formula is C33H40F6N2O5. The maximum atomic E-state index is 13.6. The highest BCUT2D eigenvalue weighted by atomic mass is 19.4. The molecule has 7 nitrogen and oxygen atoms in total. The molecule has 254 valence electrons. The number of amides is 2.